The van der Waals surface area contributed by atoms with Crippen LogP contribution in [0.25, 0.3) is 0 Å². The Hall–Kier alpha value is -14.3. The summed E-state index contributed by atoms with van der Waals surface area (Å²) in [6, 6.07) is 90.3. The summed E-state index contributed by atoms with van der Waals surface area (Å²) in [5, 5.41) is 25.8. The number of benzene rings is 7. The molecule has 0 bridgehead atoms. The third-order valence-corrected chi connectivity index (χ3v) is 26.0. The number of aromatic hydroxyl groups is 1. The van der Waals surface area contributed by atoms with Gasteiger partial charge in [0, 0.05) is 73.5 Å². The molecule has 16 aromatic rings. The van der Waals surface area contributed by atoms with Crippen LogP contribution in [0, 0.1) is 20.8 Å². The summed E-state index contributed by atoms with van der Waals surface area (Å²) >= 11 is 9.81. The molecule has 0 radical (unpaired) electrons. The van der Waals surface area contributed by atoms with E-state index >= 15 is 0 Å². The lowest BCUT2D eigenvalue weighted by molar-refractivity contribution is -0.134. The van der Waals surface area contributed by atoms with Gasteiger partial charge in [0.2, 0.25) is 0 Å². The predicted molar refractivity (Wildman–Crippen MR) is 557 cm³/mol. The number of anilines is 4. The van der Waals surface area contributed by atoms with E-state index in [4.69, 9.17) is 28.4 Å². The van der Waals surface area contributed by atoms with E-state index in [1.54, 1.807) is 140 Å². The van der Waals surface area contributed by atoms with Crippen LogP contribution in [0.5, 0.6) is 40.2 Å². The lowest BCUT2D eigenvalue weighted by atomic mass is 10.2. The number of likely N-dealkylation sites (N-methyl/N-ethyl adjacent to an activating group) is 2. The number of aromatic nitrogens is 4. The normalized spacial score (nSPS) is 10.4. The summed E-state index contributed by atoms with van der Waals surface area (Å²) in [5.41, 5.74) is 7.58. The number of ether oxygens (including phenoxy) is 6. The zero-order chi connectivity index (χ0) is 97.4. The molecule has 0 aliphatic heterocycles. The molecule has 0 fully saturated rings. The molecule has 16 rings (SSSR count). The van der Waals surface area contributed by atoms with Gasteiger partial charge in [-0.15, -0.1) is 68.0 Å². The van der Waals surface area contributed by atoms with Gasteiger partial charge in [-0.05, 0) is 242 Å². The highest BCUT2D eigenvalue weighted by Crippen LogP contribution is 2.29. The number of nitrogens with zero attached hydrogens (tertiary/aromatic N) is 10. The fraction of sp³-hybridized carbons (Fsp3) is 0.220. The summed E-state index contributed by atoms with van der Waals surface area (Å²) in [6.45, 7) is 18.8. The van der Waals surface area contributed by atoms with Gasteiger partial charge in [0.15, 0.2) is 51.1 Å². The summed E-state index contributed by atoms with van der Waals surface area (Å²) in [6.07, 6.45) is 8.73. The maximum absolute atomic E-state index is 12.8. The van der Waals surface area contributed by atoms with Crippen molar-refractivity contribution in [3.8, 4) is 40.2 Å². The molecule has 0 atom stereocenters. The van der Waals surface area contributed by atoms with Crippen molar-refractivity contribution in [2.75, 3.05) is 72.3 Å². The molecule has 0 saturated carbocycles. The molecule has 138 heavy (non-hydrogen) atoms. The van der Waals surface area contributed by atoms with Crippen LogP contribution in [0.2, 0.25) is 0 Å². The molecule has 1 N–H and O–H groups in total. The Morgan fingerprint density at radius 3 is 1.11 bits per heavy atom. The van der Waals surface area contributed by atoms with E-state index in [1.165, 1.54) is 22.1 Å². The van der Waals surface area contributed by atoms with Crippen LogP contribution >= 0.6 is 68.0 Å². The van der Waals surface area contributed by atoms with Gasteiger partial charge < -0.3 is 53.1 Å². The molecule has 7 aromatic carbocycles. The van der Waals surface area contributed by atoms with Crippen LogP contribution in [0.3, 0.4) is 0 Å². The van der Waals surface area contributed by atoms with Crippen LogP contribution in [0.1, 0.15) is 84.8 Å². The van der Waals surface area contributed by atoms with E-state index in [9.17, 15) is 33.9 Å². The minimum absolute atomic E-state index is 0.00819. The lowest BCUT2D eigenvalue weighted by Crippen LogP contribution is -2.35. The highest BCUT2D eigenvalue weighted by Gasteiger charge is 2.25. The number of phenolic OH excluding ortho intramolecular Hbond substituents is 1. The quantitative estimate of drug-likeness (QED) is 0.0378. The first-order chi connectivity index (χ1) is 67.3. The molecule has 23 nitrogen and oxygen atoms in total. The highest BCUT2D eigenvalue weighted by molar-refractivity contribution is 7.11. The molecule has 6 amide bonds. The molecule has 0 saturated heterocycles. The van der Waals surface area contributed by atoms with Gasteiger partial charge in [-0.2, -0.15) is 5.10 Å². The largest absolute Gasteiger partial charge is 0.504 e. The van der Waals surface area contributed by atoms with Gasteiger partial charge in [0.25, 0.3) is 35.4 Å². The monoisotopic (exact) mass is 1960 g/mol. The number of hydrogen-bond acceptors (Lipinski definition) is 22. The van der Waals surface area contributed by atoms with Gasteiger partial charge in [0.1, 0.15) is 40.4 Å². The summed E-state index contributed by atoms with van der Waals surface area (Å²) in [7, 11) is 1.82. The van der Waals surface area contributed by atoms with Gasteiger partial charge in [0.05, 0.1) is 57.3 Å². The topological polar surface area (TPSA) is 241 Å². The van der Waals surface area contributed by atoms with Gasteiger partial charge in [-0.3, -0.25) is 48.2 Å². The van der Waals surface area contributed by atoms with Gasteiger partial charge in [-0.25, -0.2) is 4.98 Å². The number of aryl methyl sites for hydroxylation is 6. The lowest BCUT2D eigenvalue weighted by Gasteiger charge is -2.22. The number of carbonyl (C=O) groups excluding carboxylic acids is 6. The van der Waals surface area contributed by atoms with Crippen LogP contribution in [0.15, 0.2) is 342 Å². The average molecular weight is 1960 g/mol. The maximum Gasteiger partial charge on any atom is 0.266 e. The summed E-state index contributed by atoms with van der Waals surface area (Å²) in [4.78, 5) is 101. The highest BCUT2D eigenvalue weighted by atomic mass is 32.1. The van der Waals surface area contributed by atoms with Crippen molar-refractivity contribution in [2.45, 2.75) is 101 Å². The minimum Gasteiger partial charge on any atom is -0.504 e. The fourth-order valence-corrected chi connectivity index (χ4v) is 17.4. The zero-order valence-corrected chi connectivity index (χ0v) is 83.4. The van der Waals surface area contributed by atoms with Crippen molar-refractivity contribution in [1.82, 2.24) is 29.5 Å². The molecule has 0 unspecified atom stereocenters. The van der Waals surface area contributed by atoms with Crippen molar-refractivity contribution in [1.29, 1.82) is 0 Å². The van der Waals surface area contributed by atoms with Crippen LogP contribution in [-0.2, 0) is 87.9 Å². The predicted octanol–water partition coefficient (Wildman–Crippen LogP) is 23.1. The minimum atomic E-state index is -0.123. The van der Waals surface area contributed by atoms with Crippen LogP contribution in [0.4, 0.5) is 23.0 Å². The fourth-order valence-electron chi connectivity index (χ4n) is 13.2. The number of rotatable bonds is 38. The van der Waals surface area contributed by atoms with E-state index in [0.717, 1.165) is 82.6 Å². The SMILES string of the molecule is CCN(Cc1cccs1)C(=O)COc1cccc(C)c1.CCN(Cc1cccs1)C(=O)COc1ccccc1O.CCc1ccc(OCC(=O)N(Cc2cccs2)c2ccccc2)cc1.CCc1ccc(OCC(=O)N(Cc2cccs2)c2cccnc2)cc1.Cc1ccc(OCC(=O)N(Cc2cccs2)c2ccccn2)cc1.Cc1ccc(OCC(=O)N(Cc2cccs2)c2ccnn2C)cc1. The molecule has 0 spiro atoms. The standard InChI is InChI=1S/C21H21NO2S.C20H20N2O2S.C19H18N2O2S.C18H19N3O2S.C16H19NO2S.C15H17NO3S/c1-2-17-10-12-19(13-11-17)24-16-21(23)22(15-20-9-6-14-25-20)18-7-4-3-5-8-18;1-2-16-7-9-18(10-8-16)24-15-20(23)22(14-19-6-4-12-25-19)17-5-3-11-21-13-17;1-15-7-9-16(10-8-15)23-14-19(22)21(13-17-5-4-12-24-17)18-6-2-3-11-20-18;1-14-5-7-15(8-6-14)23-13-18(22)21(12-16-4-3-11-24-16)17-9-10-19-20(17)2;1-3-17(11-15-8-5-9-20-15)16(18)12-19-14-7-4-6-13(2)10-14;1-2-16(10-12-6-5-9-20-12)15(18)11-19-14-8-4-3-7-13(14)17/h3-14H,2,15-16H2,1H3;3-13H,2,14-15H2,1H3;2-12H,13-14H2,1H3;3-11H,12-13H2,1-2H3;4-10H,3,11-12H2,1-2H3;3-9,17H,2,10-11H2,1H3. The number of carbonyl (C=O) groups is 6. The van der Waals surface area contributed by atoms with Gasteiger partial charge >= 0.3 is 0 Å². The first-order valence-electron chi connectivity index (χ1n) is 44.9. The van der Waals surface area contributed by atoms with Gasteiger partial charge in [-0.1, -0.05) is 158 Å². The van der Waals surface area contributed by atoms with E-state index < -0.39 is 0 Å². The number of para-hydroxylation sites is 3. The third kappa shape index (κ3) is 35.1. The molecular formula is C109H114N10O13S6. The zero-order valence-electron chi connectivity index (χ0n) is 78.5. The number of phenols is 1. The van der Waals surface area contributed by atoms with Crippen molar-refractivity contribution in [3.05, 3.63) is 399 Å². The first-order valence-corrected chi connectivity index (χ1v) is 50.2. The Kier molecular flexibility index (Phi) is 42.9. The van der Waals surface area contributed by atoms with E-state index in [-0.39, 0.29) is 80.8 Å². The van der Waals surface area contributed by atoms with Crippen molar-refractivity contribution in [3.63, 3.8) is 0 Å². The Morgan fingerprint density at radius 2 is 0.710 bits per heavy atom. The second-order valence-electron chi connectivity index (χ2n) is 30.9. The molecule has 0 aliphatic carbocycles. The molecule has 29 heteroatoms. The smallest absolute Gasteiger partial charge is 0.266 e. The molecule has 0 aliphatic rings. The molecular weight excluding hydrogens is 1850 g/mol. The number of pyridine rings is 2. The van der Waals surface area contributed by atoms with Crippen LogP contribution in [-0.4, -0.2) is 123 Å². The third-order valence-electron chi connectivity index (χ3n) is 20.8. The van der Waals surface area contributed by atoms with Crippen molar-refractivity contribution < 1.29 is 62.3 Å². The van der Waals surface area contributed by atoms with Crippen molar-refractivity contribution in [2.24, 2.45) is 7.05 Å². The second-order valence-corrected chi connectivity index (χ2v) is 37.1. The second kappa shape index (κ2) is 56.9. The Bertz CT molecular complexity index is 6050. The maximum atomic E-state index is 12.8. The Balaban J connectivity index is 0.000000159. The Labute approximate surface area is 831 Å². The average Bonchev–Trinajstić information content (AvgIpc) is 1.66. The molecule has 9 aromatic heterocycles. The van der Waals surface area contributed by atoms with Crippen molar-refractivity contribution >= 4 is 126 Å². The summed E-state index contributed by atoms with van der Waals surface area (Å²) < 4.78 is 35.3. The van der Waals surface area contributed by atoms with E-state index in [1.807, 2.05) is 340 Å². The number of thiophene rings is 6. The number of hydrogen-bond donors (Lipinski definition) is 1. The van der Waals surface area contributed by atoms with Crippen LogP contribution < -0.4 is 48.0 Å². The molecule has 714 valence electrons. The first kappa shape index (κ1) is 104. The van der Waals surface area contributed by atoms with E-state index in [0.29, 0.717) is 81.2 Å². The Morgan fingerprint density at radius 1 is 0.326 bits per heavy atom. The summed E-state index contributed by atoms with van der Waals surface area (Å²) in [5.74, 6) is 4.83. The molecule has 9 heterocycles. The van der Waals surface area contributed by atoms with E-state index in [2.05, 4.69) is 28.9 Å². The number of amides is 6.